The van der Waals surface area contributed by atoms with Gasteiger partial charge in [-0.25, -0.2) is 0 Å². The molecule has 60 valence electrons. The van der Waals surface area contributed by atoms with Crippen molar-refractivity contribution in [2.75, 3.05) is 0 Å². The van der Waals surface area contributed by atoms with Gasteiger partial charge in [-0.1, -0.05) is 46.3 Å². The quantitative estimate of drug-likeness (QED) is 0.523. The zero-order valence-electron chi connectivity index (χ0n) is 7.72. The predicted octanol–water partition coefficient (Wildman–Crippen LogP) is 3.63. The summed E-state index contributed by atoms with van der Waals surface area (Å²) in [5.74, 6) is 1.53. The van der Waals surface area contributed by atoms with Gasteiger partial charge in [0.25, 0.3) is 0 Å². The highest BCUT2D eigenvalue weighted by atomic mass is 14.1. The minimum atomic E-state index is 0.742. The molecule has 0 aliphatic carbocycles. The Hall–Kier alpha value is -0.260. The van der Waals surface area contributed by atoms with Crippen LogP contribution in [0.15, 0.2) is 12.2 Å². The maximum absolute atomic E-state index is 2.33. The van der Waals surface area contributed by atoms with E-state index in [9.17, 15) is 0 Å². The Morgan fingerprint density at radius 2 is 1.80 bits per heavy atom. The molecule has 0 heteroatoms. The third-order valence-corrected chi connectivity index (χ3v) is 1.95. The van der Waals surface area contributed by atoms with Crippen LogP contribution in [0, 0.1) is 11.8 Å². The Bertz CT molecular complexity index is 90.2. The van der Waals surface area contributed by atoms with Crippen LogP contribution in [0.1, 0.15) is 40.5 Å². The van der Waals surface area contributed by atoms with Gasteiger partial charge in [0.1, 0.15) is 0 Å². The van der Waals surface area contributed by atoms with Gasteiger partial charge in [0, 0.05) is 0 Å². The van der Waals surface area contributed by atoms with E-state index >= 15 is 0 Å². The van der Waals surface area contributed by atoms with Crippen LogP contribution in [0.4, 0.5) is 0 Å². The molecular weight excluding hydrogens is 120 g/mol. The summed E-state index contributed by atoms with van der Waals surface area (Å²) < 4.78 is 0. The smallest absolute Gasteiger partial charge is 0.0239 e. The van der Waals surface area contributed by atoms with Gasteiger partial charge in [-0.15, -0.1) is 0 Å². The second kappa shape index (κ2) is 5.52. The summed E-state index contributed by atoms with van der Waals surface area (Å²) in [6, 6.07) is 0. The second-order valence-corrected chi connectivity index (χ2v) is 3.32. The highest BCUT2D eigenvalue weighted by Gasteiger charge is 2.00. The van der Waals surface area contributed by atoms with Crippen LogP contribution >= 0.6 is 0 Å². The Labute approximate surface area is 65.3 Å². The average molecular weight is 140 g/mol. The highest BCUT2D eigenvalue weighted by molar-refractivity contribution is 4.87. The molecule has 0 aliphatic rings. The lowest BCUT2D eigenvalue weighted by molar-refractivity contribution is 0.503. The van der Waals surface area contributed by atoms with E-state index in [4.69, 9.17) is 0 Å². The van der Waals surface area contributed by atoms with Gasteiger partial charge in [-0.2, -0.15) is 0 Å². The maximum Gasteiger partial charge on any atom is -0.0239 e. The molecule has 1 unspecified atom stereocenters. The Kier molecular flexibility index (Phi) is 5.38. The molecule has 0 nitrogen and oxygen atoms in total. The van der Waals surface area contributed by atoms with E-state index < -0.39 is 0 Å². The minimum absolute atomic E-state index is 0.742. The van der Waals surface area contributed by atoms with E-state index in [0.29, 0.717) is 0 Å². The molecule has 0 rings (SSSR count). The number of unbranched alkanes of at least 4 members (excludes halogenated alkanes) is 1. The van der Waals surface area contributed by atoms with Crippen LogP contribution in [-0.4, -0.2) is 0 Å². The van der Waals surface area contributed by atoms with Crippen LogP contribution in [-0.2, 0) is 0 Å². The van der Waals surface area contributed by atoms with E-state index in [1.54, 1.807) is 0 Å². The molecule has 0 radical (unpaired) electrons. The van der Waals surface area contributed by atoms with Crippen molar-refractivity contribution in [2.45, 2.75) is 40.5 Å². The van der Waals surface area contributed by atoms with E-state index in [2.05, 4.69) is 39.8 Å². The topological polar surface area (TPSA) is 0 Å². The van der Waals surface area contributed by atoms with Gasteiger partial charge in [-0.05, 0) is 18.3 Å². The van der Waals surface area contributed by atoms with Crippen molar-refractivity contribution < 1.29 is 0 Å². The van der Waals surface area contributed by atoms with Crippen LogP contribution in [0.2, 0.25) is 0 Å². The molecule has 0 saturated carbocycles. The zero-order valence-corrected chi connectivity index (χ0v) is 7.72. The summed E-state index contributed by atoms with van der Waals surface area (Å²) in [5, 5.41) is 0. The fourth-order valence-electron chi connectivity index (χ4n) is 0.700. The summed E-state index contributed by atoms with van der Waals surface area (Å²) in [6.07, 6.45) is 7.12. The normalized spacial score (nSPS) is 14.9. The van der Waals surface area contributed by atoms with Crippen LogP contribution in [0.5, 0.6) is 0 Å². The Morgan fingerprint density at radius 3 is 2.20 bits per heavy atom. The van der Waals surface area contributed by atoms with Crippen molar-refractivity contribution in [3.8, 4) is 0 Å². The summed E-state index contributed by atoms with van der Waals surface area (Å²) in [6.45, 7) is 9.02. The zero-order chi connectivity index (χ0) is 7.98. The molecule has 0 aromatic carbocycles. The van der Waals surface area contributed by atoms with E-state index in [-0.39, 0.29) is 0 Å². The summed E-state index contributed by atoms with van der Waals surface area (Å²) in [7, 11) is 0. The van der Waals surface area contributed by atoms with E-state index in [0.717, 1.165) is 11.8 Å². The second-order valence-electron chi connectivity index (χ2n) is 3.32. The highest BCUT2D eigenvalue weighted by Crippen LogP contribution is 2.11. The van der Waals surface area contributed by atoms with Gasteiger partial charge < -0.3 is 0 Å². The summed E-state index contributed by atoms with van der Waals surface area (Å²) in [5.41, 5.74) is 0. The molecule has 1 atom stereocenters. The third-order valence-electron chi connectivity index (χ3n) is 1.95. The van der Waals surface area contributed by atoms with Crippen LogP contribution in [0.25, 0.3) is 0 Å². The molecule has 0 N–H and O–H groups in total. The van der Waals surface area contributed by atoms with E-state index in [1.807, 2.05) is 0 Å². The molecule has 0 bridgehead atoms. The number of hydrogen-bond acceptors (Lipinski definition) is 0. The minimum Gasteiger partial charge on any atom is -0.0883 e. The Morgan fingerprint density at radius 1 is 1.20 bits per heavy atom. The molecule has 0 heterocycles. The molecule has 0 spiro atoms. The van der Waals surface area contributed by atoms with Crippen molar-refractivity contribution in [1.82, 2.24) is 0 Å². The first-order valence-corrected chi connectivity index (χ1v) is 4.35. The molecule has 0 aromatic rings. The standard InChI is InChI=1S/C10H20/c1-5-6-7-8-10(4)9(2)3/h7-10H,5-6H2,1-4H3. The van der Waals surface area contributed by atoms with Gasteiger partial charge >= 0.3 is 0 Å². The van der Waals surface area contributed by atoms with Crippen molar-refractivity contribution in [2.24, 2.45) is 11.8 Å². The largest absolute Gasteiger partial charge is 0.0883 e. The lowest BCUT2D eigenvalue weighted by atomic mass is 9.97. The maximum atomic E-state index is 2.33. The first kappa shape index (κ1) is 9.74. The molecule has 0 aliphatic heterocycles. The number of rotatable bonds is 4. The molecule has 0 aromatic heterocycles. The molecule has 10 heavy (non-hydrogen) atoms. The molecule has 0 saturated heterocycles. The van der Waals surface area contributed by atoms with Crippen molar-refractivity contribution in [3.05, 3.63) is 12.2 Å². The SMILES string of the molecule is CCCC=CC(C)C(C)C. The third kappa shape index (κ3) is 4.60. The Balaban J connectivity index is 3.45. The average Bonchev–Trinajstić information content (AvgIpc) is 1.88. The summed E-state index contributed by atoms with van der Waals surface area (Å²) in [4.78, 5) is 0. The fraction of sp³-hybridized carbons (Fsp3) is 0.800. The first-order chi connectivity index (χ1) is 4.68. The van der Waals surface area contributed by atoms with Crippen molar-refractivity contribution in [1.29, 1.82) is 0 Å². The first-order valence-electron chi connectivity index (χ1n) is 4.35. The molecular formula is C10H20. The molecule has 0 amide bonds. The number of allylic oxidation sites excluding steroid dienone is 2. The monoisotopic (exact) mass is 140 g/mol. The summed E-state index contributed by atoms with van der Waals surface area (Å²) >= 11 is 0. The lowest BCUT2D eigenvalue weighted by Crippen LogP contribution is -1.98. The van der Waals surface area contributed by atoms with Gasteiger partial charge in [0.05, 0.1) is 0 Å². The predicted molar refractivity (Wildman–Crippen MR) is 48.1 cm³/mol. The van der Waals surface area contributed by atoms with E-state index in [1.165, 1.54) is 12.8 Å². The fourth-order valence-corrected chi connectivity index (χ4v) is 0.700. The molecule has 0 fully saturated rings. The number of hydrogen-bond donors (Lipinski definition) is 0. The lowest BCUT2D eigenvalue weighted by Gasteiger charge is -2.08. The van der Waals surface area contributed by atoms with Crippen molar-refractivity contribution >= 4 is 0 Å². The van der Waals surface area contributed by atoms with Crippen LogP contribution in [0.3, 0.4) is 0 Å². The van der Waals surface area contributed by atoms with Gasteiger partial charge in [0.2, 0.25) is 0 Å². The van der Waals surface area contributed by atoms with Gasteiger partial charge in [0.15, 0.2) is 0 Å². The van der Waals surface area contributed by atoms with Gasteiger partial charge in [-0.3, -0.25) is 0 Å². The van der Waals surface area contributed by atoms with Crippen LogP contribution < -0.4 is 0 Å². The van der Waals surface area contributed by atoms with Crippen molar-refractivity contribution in [3.63, 3.8) is 0 Å².